The second kappa shape index (κ2) is 5.95. The van der Waals surface area contributed by atoms with Crippen LogP contribution in [0, 0.1) is 11.6 Å². The number of aromatic amines is 1. The first-order valence-electron chi connectivity index (χ1n) is 5.63. The third-order valence-corrected chi connectivity index (χ3v) is 2.27. The van der Waals surface area contributed by atoms with Crippen LogP contribution in [0.3, 0.4) is 0 Å². The monoisotopic (exact) mass is 322 g/mol. The molecule has 6 nitrogen and oxygen atoms in total. The maximum Gasteiger partial charge on any atom is 0.451 e. The number of H-pyrrole nitrogens is 1. The number of amides is 1. The summed E-state index contributed by atoms with van der Waals surface area (Å²) in [4.78, 5) is 13.2. The summed E-state index contributed by atoms with van der Waals surface area (Å²) < 4.78 is 67.3. The van der Waals surface area contributed by atoms with Crippen LogP contribution in [-0.4, -0.2) is 27.7 Å². The molecule has 1 aromatic carbocycles. The molecule has 0 spiro atoms. The molecular formula is C11H7F5N4O2. The molecule has 0 atom stereocenters. The number of rotatable bonds is 4. The van der Waals surface area contributed by atoms with E-state index in [1.807, 2.05) is 5.32 Å². The van der Waals surface area contributed by atoms with Crippen molar-refractivity contribution in [2.24, 2.45) is 0 Å². The summed E-state index contributed by atoms with van der Waals surface area (Å²) in [5.41, 5.74) is 0. The Morgan fingerprint density at radius 1 is 1.27 bits per heavy atom. The maximum absolute atomic E-state index is 13.2. The van der Waals surface area contributed by atoms with Crippen LogP contribution in [0.15, 0.2) is 18.2 Å². The third kappa shape index (κ3) is 3.90. The summed E-state index contributed by atoms with van der Waals surface area (Å²) in [6.45, 7) is -0.718. The molecule has 0 saturated carbocycles. The van der Waals surface area contributed by atoms with E-state index >= 15 is 0 Å². The molecule has 2 aromatic rings. The lowest BCUT2D eigenvalue weighted by Gasteiger charge is -2.06. The summed E-state index contributed by atoms with van der Waals surface area (Å²) in [7, 11) is 0. The Morgan fingerprint density at radius 2 is 2.00 bits per heavy atom. The highest BCUT2D eigenvalue weighted by molar-refractivity contribution is 5.90. The van der Waals surface area contributed by atoms with Crippen molar-refractivity contribution in [2.45, 2.75) is 6.18 Å². The van der Waals surface area contributed by atoms with E-state index in [1.54, 1.807) is 4.98 Å². The zero-order valence-electron chi connectivity index (χ0n) is 10.5. The largest absolute Gasteiger partial charge is 0.481 e. The summed E-state index contributed by atoms with van der Waals surface area (Å²) >= 11 is 0. The molecule has 0 aliphatic heterocycles. The maximum atomic E-state index is 13.2. The van der Waals surface area contributed by atoms with Gasteiger partial charge in [0.1, 0.15) is 5.82 Å². The van der Waals surface area contributed by atoms with Gasteiger partial charge in [0.15, 0.2) is 18.2 Å². The smallest absolute Gasteiger partial charge is 0.451 e. The van der Waals surface area contributed by atoms with E-state index in [2.05, 4.69) is 10.2 Å². The van der Waals surface area contributed by atoms with Crippen molar-refractivity contribution in [1.29, 1.82) is 0 Å². The van der Waals surface area contributed by atoms with Crippen LogP contribution >= 0.6 is 0 Å². The van der Waals surface area contributed by atoms with E-state index in [1.165, 1.54) is 0 Å². The molecule has 0 aliphatic rings. The number of hydrogen-bond acceptors (Lipinski definition) is 4. The molecule has 0 aliphatic carbocycles. The minimum Gasteiger partial charge on any atom is -0.481 e. The first-order chi connectivity index (χ1) is 10.3. The van der Waals surface area contributed by atoms with Gasteiger partial charge in [0.05, 0.1) is 0 Å². The standard InChI is InChI=1S/C11H7F5N4O2/c12-5-1-2-7(6(13)3-5)22-4-8(21)17-10-18-9(19-20-10)11(14,15)16/h1-3H,4H2,(H2,17,18,19,20,21). The molecule has 0 saturated heterocycles. The number of carbonyl (C=O) groups is 1. The number of hydrogen-bond donors (Lipinski definition) is 2. The van der Waals surface area contributed by atoms with E-state index in [-0.39, 0.29) is 5.75 Å². The Kier molecular flexibility index (Phi) is 4.24. The number of alkyl halides is 3. The van der Waals surface area contributed by atoms with Crippen LogP contribution in [-0.2, 0) is 11.0 Å². The number of halogens is 5. The van der Waals surface area contributed by atoms with Crippen molar-refractivity contribution >= 4 is 11.9 Å². The third-order valence-electron chi connectivity index (χ3n) is 2.27. The lowest BCUT2D eigenvalue weighted by atomic mass is 10.3. The molecule has 118 valence electrons. The average molecular weight is 322 g/mol. The van der Waals surface area contributed by atoms with Crippen molar-refractivity contribution in [1.82, 2.24) is 15.2 Å². The van der Waals surface area contributed by atoms with Gasteiger partial charge in [0.2, 0.25) is 11.8 Å². The number of ether oxygens (including phenoxy) is 1. The molecule has 2 rings (SSSR count). The van der Waals surface area contributed by atoms with Crippen molar-refractivity contribution in [3.63, 3.8) is 0 Å². The molecule has 1 amide bonds. The van der Waals surface area contributed by atoms with E-state index in [0.29, 0.717) is 6.07 Å². The predicted octanol–water partition coefficient (Wildman–Crippen LogP) is 2.12. The Balaban J connectivity index is 1.92. The molecule has 11 heteroatoms. The van der Waals surface area contributed by atoms with Crippen LogP contribution < -0.4 is 10.1 Å². The number of anilines is 1. The number of nitrogens with one attached hydrogen (secondary N) is 2. The fourth-order valence-electron chi connectivity index (χ4n) is 1.35. The van der Waals surface area contributed by atoms with Crippen molar-refractivity contribution in [3.05, 3.63) is 35.7 Å². The highest BCUT2D eigenvalue weighted by Gasteiger charge is 2.35. The predicted molar refractivity (Wildman–Crippen MR) is 61.9 cm³/mol. The number of carbonyl (C=O) groups excluding carboxylic acids is 1. The molecule has 22 heavy (non-hydrogen) atoms. The lowest BCUT2D eigenvalue weighted by molar-refractivity contribution is -0.144. The van der Waals surface area contributed by atoms with Crippen LogP contribution in [0.25, 0.3) is 0 Å². The van der Waals surface area contributed by atoms with E-state index < -0.39 is 42.1 Å². The van der Waals surface area contributed by atoms with Gasteiger partial charge in [0.25, 0.3) is 5.91 Å². The summed E-state index contributed by atoms with van der Waals surface area (Å²) in [5.74, 6) is -5.06. The average Bonchev–Trinajstić information content (AvgIpc) is 2.86. The number of benzene rings is 1. The lowest BCUT2D eigenvalue weighted by Crippen LogP contribution is -2.21. The summed E-state index contributed by atoms with van der Waals surface area (Å²) in [6, 6.07) is 2.44. The zero-order chi connectivity index (χ0) is 16.3. The Bertz CT molecular complexity index is 685. The highest BCUT2D eigenvalue weighted by Crippen LogP contribution is 2.26. The topological polar surface area (TPSA) is 79.9 Å². The molecule has 1 heterocycles. The van der Waals surface area contributed by atoms with Gasteiger partial charge in [0, 0.05) is 6.07 Å². The fourth-order valence-corrected chi connectivity index (χ4v) is 1.35. The molecular weight excluding hydrogens is 315 g/mol. The quantitative estimate of drug-likeness (QED) is 0.845. The highest BCUT2D eigenvalue weighted by atomic mass is 19.4. The van der Waals surface area contributed by atoms with Gasteiger partial charge >= 0.3 is 6.18 Å². The SMILES string of the molecule is O=C(COc1ccc(F)cc1F)Nc1nnc(C(F)(F)F)[nH]1. The minimum absolute atomic E-state index is 0.384. The number of aromatic nitrogens is 3. The van der Waals surface area contributed by atoms with Crippen molar-refractivity contribution in [3.8, 4) is 5.75 Å². The Hall–Kier alpha value is -2.72. The Labute approximate surface area is 119 Å². The van der Waals surface area contributed by atoms with Crippen LogP contribution in [0.1, 0.15) is 5.82 Å². The minimum atomic E-state index is -4.73. The van der Waals surface area contributed by atoms with Gasteiger partial charge in [-0.25, -0.2) is 8.78 Å². The van der Waals surface area contributed by atoms with E-state index in [9.17, 15) is 26.7 Å². The molecule has 1 aromatic heterocycles. The van der Waals surface area contributed by atoms with Gasteiger partial charge < -0.3 is 9.72 Å². The molecule has 0 bridgehead atoms. The van der Waals surface area contributed by atoms with Gasteiger partial charge in [-0.3, -0.25) is 10.1 Å². The normalized spacial score (nSPS) is 11.3. The first kappa shape index (κ1) is 15.7. The second-order valence-electron chi connectivity index (χ2n) is 3.93. The Morgan fingerprint density at radius 3 is 2.59 bits per heavy atom. The second-order valence-corrected chi connectivity index (χ2v) is 3.93. The first-order valence-corrected chi connectivity index (χ1v) is 5.63. The van der Waals surface area contributed by atoms with E-state index in [0.717, 1.165) is 12.1 Å². The molecule has 0 radical (unpaired) electrons. The molecule has 0 fully saturated rings. The zero-order valence-corrected chi connectivity index (χ0v) is 10.5. The summed E-state index contributed by atoms with van der Waals surface area (Å²) in [5, 5.41) is 7.81. The van der Waals surface area contributed by atoms with Crippen LogP contribution in [0.5, 0.6) is 5.75 Å². The van der Waals surface area contributed by atoms with Gasteiger partial charge in [-0.15, -0.1) is 10.2 Å². The van der Waals surface area contributed by atoms with Crippen LogP contribution in [0.4, 0.5) is 27.9 Å². The van der Waals surface area contributed by atoms with Gasteiger partial charge in [-0.2, -0.15) is 13.2 Å². The summed E-state index contributed by atoms with van der Waals surface area (Å²) in [6.07, 6.45) is -4.73. The fraction of sp³-hybridized carbons (Fsp3) is 0.182. The van der Waals surface area contributed by atoms with E-state index in [4.69, 9.17) is 4.74 Å². The van der Waals surface area contributed by atoms with Crippen LogP contribution in [0.2, 0.25) is 0 Å². The van der Waals surface area contributed by atoms with Gasteiger partial charge in [-0.05, 0) is 12.1 Å². The van der Waals surface area contributed by atoms with Crippen molar-refractivity contribution in [2.75, 3.05) is 11.9 Å². The van der Waals surface area contributed by atoms with Gasteiger partial charge in [-0.1, -0.05) is 0 Å². The molecule has 0 unspecified atom stereocenters. The van der Waals surface area contributed by atoms with Crippen molar-refractivity contribution < 1.29 is 31.5 Å². The number of nitrogens with zero attached hydrogens (tertiary/aromatic N) is 2. The molecule has 2 N–H and O–H groups in total.